The molecule has 0 aliphatic heterocycles. The van der Waals surface area contributed by atoms with Crippen molar-refractivity contribution in [3.63, 3.8) is 0 Å². The molecular formula is C16H22N2O2S. The topological polar surface area (TPSA) is 50.4 Å². The van der Waals surface area contributed by atoms with E-state index in [0.717, 1.165) is 37.1 Å². The third-order valence-corrected chi connectivity index (χ3v) is 3.85. The average Bonchev–Trinajstić information content (AvgIpc) is 2.50. The summed E-state index contributed by atoms with van der Waals surface area (Å²) in [6.07, 6.45) is 5.42. The van der Waals surface area contributed by atoms with Gasteiger partial charge in [0, 0.05) is 5.92 Å². The molecule has 1 aliphatic carbocycles. The number of hydrogen-bond donors (Lipinski definition) is 2. The van der Waals surface area contributed by atoms with Crippen molar-refractivity contribution in [3.05, 3.63) is 24.3 Å². The molecule has 0 radical (unpaired) electrons. The number of amides is 1. The van der Waals surface area contributed by atoms with E-state index >= 15 is 0 Å². The summed E-state index contributed by atoms with van der Waals surface area (Å²) in [6.45, 7) is 2.51. The van der Waals surface area contributed by atoms with Gasteiger partial charge in [-0.15, -0.1) is 0 Å². The molecule has 0 saturated heterocycles. The molecule has 1 aromatic carbocycles. The van der Waals surface area contributed by atoms with E-state index in [-0.39, 0.29) is 11.8 Å². The minimum absolute atomic E-state index is 0.0288. The van der Waals surface area contributed by atoms with Gasteiger partial charge in [-0.1, -0.05) is 31.4 Å². The van der Waals surface area contributed by atoms with Crippen LogP contribution in [0.2, 0.25) is 0 Å². The lowest BCUT2D eigenvalue weighted by atomic mass is 9.89. The van der Waals surface area contributed by atoms with E-state index in [1.54, 1.807) is 0 Å². The van der Waals surface area contributed by atoms with Crippen molar-refractivity contribution in [1.29, 1.82) is 0 Å². The Hall–Kier alpha value is -1.62. The Kier molecular flexibility index (Phi) is 5.99. The summed E-state index contributed by atoms with van der Waals surface area (Å²) in [5, 5.41) is 6.16. The summed E-state index contributed by atoms with van der Waals surface area (Å²) in [7, 11) is 0. The second-order valence-electron chi connectivity index (χ2n) is 5.21. The van der Waals surface area contributed by atoms with Crippen LogP contribution >= 0.6 is 12.2 Å². The second kappa shape index (κ2) is 7.98. The fourth-order valence-electron chi connectivity index (χ4n) is 2.58. The van der Waals surface area contributed by atoms with Crippen LogP contribution in [0.25, 0.3) is 0 Å². The first kappa shape index (κ1) is 15.8. The van der Waals surface area contributed by atoms with Gasteiger partial charge in [-0.2, -0.15) is 0 Å². The van der Waals surface area contributed by atoms with Crippen molar-refractivity contribution < 1.29 is 9.53 Å². The van der Waals surface area contributed by atoms with Gasteiger partial charge in [0.25, 0.3) is 0 Å². The molecule has 0 unspecified atom stereocenters. The molecule has 21 heavy (non-hydrogen) atoms. The molecule has 0 aromatic heterocycles. The Bertz CT molecular complexity index is 499. The second-order valence-corrected chi connectivity index (χ2v) is 5.62. The highest BCUT2D eigenvalue weighted by atomic mass is 32.1. The molecule has 1 aromatic rings. The van der Waals surface area contributed by atoms with Crippen molar-refractivity contribution in [2.45, 2.75) is 39.0 Å². The number of ether oxygens (including phenoxy) is 1. The van der Waals surface area contributed by atoms with E-state index in [2.05, 4.69) is 10.6 Å². The highest BCUT2D eigenvalue weighted by Gasteiger charge is 2.21. The number of thiocarbonyl (C=S) groups is 1. The maximum Gasteiger partial charge on any atom is 0.229 e. The molecule has 4 nitrogen and oxygen atoms in total. The zero-order valence-corrected chi connectivity index (χ0v) is 13.2. The normalized spacial score (nSPS) is 15.3. The lowest BCUT2D eigenvalue weighted by Crippen LogP contribution is -2.39. The molecule has 0 spiro atoms. The molecule has 0 heterocycles. The first-order valence-electron chi connectivity index (χ1n) is 7.54. The van der Waals surface area contributed by atoms with Crippen LogP contribution < -0.4 is 15.4 Å². The Morgan fingerprint density at radius 2 is 2.00 bits per heavy atom. The van der Waals surface area contributed by atoms with E-state index < -0.39 is 0 Å². The lowest BCUT2D eigenvalue weighted by molar-refractivity contribution is -0.124. The van der Waals surface area contributed by atoms with Crippen LogP contribution in [-0.2, 0) is 4.79 Å². The molecule has 2 rings (SSSR count). The van der Waals surface area contributed by atoms with Gasteiger partial charge < -0.3 is 15.4 Å². The number of carbonyl (C=O) groups is 1. The third kappa shape index (κ3) is 4.70. The summed E-state index contributed by atoms with van der Waals surface area (Å²) in [4.78, 5) is 12.1. The molecule has 5 heteroatoms. The van der Waals surface area contributed by atoms with Crippen molar-refractivity contribution >= 4 is 28.9 Å². The Labute approximate surface area is 131 Å². The molecule has 0 atom stereocenters. The molecular weight excluding hydrogens is 284 g/mol. The van der Waals surface area contributed by atoms with Gasteiger partial charge >= 0.3 is 0 Å². The molecule has 114 valence electrons. The van der Waals surface area contributed by atoms with Gasteiger partial charge in [0.1, 0.15) is 5.75 Å². The van der Waals surface area contributed by atoms with E-state index in [4.69, 9.17) is 17.0 Å². The number of rotatable bonds is 4. The van der Waals surface area contributed by atoms with Crippen molar-refractivity contribution in [3.8, 4) is 5.75 Å². The molecule has 1 fully saturated rings. The van der Waals surface area contributed by atoms with Crippen molar-refractivity contribution in [2.75, 3.05) is 11.9 Å². The minimum atomic E-state index is 0.0288. The van der Waals surface area contributed by atoms with Crippen LogP contribution in [0.4, 0.5) is 5.69 Å². The zero-order valence-electron chi connectivity index (χ0n) is 12.4. The standard InChI is InChI=1S/C16H22N2O2S/c1-2-20-14-11-7-6-10-13(14)17-16(21)18-15(19)12-8-4-3-5-9-12/h6-7,10-12H,2-5,8-9H2,1H3,(H2,17,18,19,21). The number of nitrogens with one attached hydrogen (secondary N) is 2. The number of para-hydroxylation sites is 2. The van der Waals surface area contributed by atoms with Gasteiger partial charge in [0.2, 0.25) is 5.91 Å². The van der Waals surface area contributed by atoms with Gasteiger partial charge in [-0.25, -0.2) is 0 Å². The van der Waals surface area contributed by atoms with E-state index in [9.17, 15) is 4.79 Å². The predicted octanol–water partition coefficient (Wildman–Crippen LogP) is 3.48. The summed E-state index contributed by atoms with van der Waals surface area (Å²) < 4.78 is 5.52. The third-order valence-electron chi connectivity index (χ3n) is 3.65. The van der Waals surface area contributed by atoms with Gasteiger partial charge in [0.15, 0.2) is 5.11 Å². The number of anilines is 1. The summed E-state index contributed by atoms with van der Waals surface area (Å²) in [5.41, 5.74) is 0.772. The van der Waals surface area contributed by atoms with E-state index in [1.165, 1.54) is 6.42 Å². The van der Waals surface area contributed by atoms with Crippen LogP contribution in [-0.4, -0.2) is 17.6 Å². The lowest BCUT2D eigenvalue weighted by Gasteiger charge is -2.21. The Morgan fingerprint density at radius 3 is 2.71 bits per heavy atom. The van der Waals surface area contributed by atoms with E-state index in [1.807, 2.05) is 31.2 Å². The summed E-state index contributed by atoms with van der Waals surface area (Å²) >= 11 is 5.23. The number of hydrogen-bond acceptors (Lipinski definition) is 3. The number of benzene rings is 1. The van der Waals surface area contributed by atoms with Crippen LogP contribution in [0.1, 0.15) is 39.0 Å². The van der Waals surface area contributed by atoms with Gasteiger partial charge in [0.05, 0.1) is 12.3 Å². The molecule has 1 amide bonds. The fourth-order valence-corrected chi connectivity index (χ4v) is 2.79. The molecule has 1 aliphatic rings. The zero-order chi connectivity index (χ0) is 15.1. The Balaban J connectivity index is 1.90. The van der Waals surface area contributed by atoms with Crippen LogP contribution in [0.15, 0.2) is 24.3 Å². The van der Waals surface area contributed by atoms with Crippen LogP contribution in [0.5, 0.6) is 5.75 Å². The van der Waals surface area contributed by atoms with Crippen LogP contribution in [0.3, 0.4) is 0 Å². The maximum absolute atomic E-state index is 12.1. The van der Waals surface area contributed by atoms with Crippen LogP contribution in [0, 0.1) is 5.92 Å². The summed E-state index contributed by atoms with van der Waals surface area (Å²) in [5.74, 6) is 0.857. The first-order chi connectivity index (χ1) is 10.2. The van der Waals surface area contributed by atoms with Gasteiger partial charge in [-0.05, 0) is 44.1 Å². The highest BCUT2D eigenvalue weighted by Crippen LogP contribution is 2.25. The smallest absolute Gasteiger partial charge is 0.229 e. The number of carbonyl (C=O) groups excluding carboxylic acids is 1. The SMILES string of the molecule is CCOc1ccccc1NC(=S)NC(=O)C1CCCCC1. The van der Waals surface area contributed by atoms with Gasteiger partial charge in [-0.3, -0.25) is 4.79 Å². The minimum Gasteiger partial charge on any atom is -0.492 e. The quantitative estimate of drug-likeness (QED) is 0.836. The largest absolute Gasteiger partial charge is 0.492 e. The maximum atomic E-state index is 12.1. The average molecular weight is 306 g/mol. The van der Waals surface area contributed by atoms with Crippen molar-refractivity contribution in [1.82, 2.24) is 5.32 Å². The summed E-state index contributed by atoms with van der Waals surface area (Å²) in [6, 6.07) is 7.55. The first-order valence-corrected chi connectivity index (χ1v) is 7.95. The fraction of sp³-hybridized carbons (Fsp3) is 0.500. The highest BCUT2D eigenvalue weighted by molar-refractivity contribution is 7.80. The molecule has 2 N–H and O–H groups in total. The van der Waals surface area contributed by atoms with Crippen molar-refractivity contribution in [2.24, 2.45) is 5.92 Å². The predicted molar refractivity (Wildman–Crippen MR) is 88.5 cm³/mol. The monoisotopic (exact) mass is 306 g/mol. The van der Waals surface area contributed by atoms with E-state index in [0.29, 0.717) is 11.7 Å². The Morgan fingerprint density at radius 1 is 1.29 bits per heavy atom. The molecule has 1 saturated carbocycles. The molecule has 0 bridgehead atoms.